The van der Waals surface area contributed by atoms with Gasteiger partial charge in [0.15, 0.2) is 0 Å². The summed E-state index contributed by atoms with van der Waals surface area (Å²) in [5.41, 5.74) is 1.12. The standard InChI is InChI=1S/C20H16Cl2N2O4S/c1-28-18-6-8-19(9-7-18)29(26,27)24-16-4-2-13(3-5-16)20(25)23-17-11-14(21)10-15(22)12-17/h2-12,24H,1H3,(H,23,25). The van der Waals surface area contributed by atoms with Crippen molar-refractivity contribution in [3.8, 4) is 5.75 Å². The van der Waals surface area contributed by atoms with Crippen LogP contribution in [0.4, 0.5) is 11.4 Å². The highest BCUT2D eigenvalue weighted by Crippen LogP contribution is 2.23. The van der Waals surface area contributed by atoms with Gasteiger partial charge in [-0.15, -0.1) is 0 Å². The molecular weight excluding hydrogens is 435 g/mol. The van der Waals surface area contributed by atoms with Gasteiger partial charge in [-0.2, -0.15) is 0 Å². The zero-order valence-electron chi connectivity index (χ0n) is 15.1. The van der Waals surface area contributed by atoms with Crippen LogP contribution in [0.1, 0.15) is 10.4 Å². The zero-order chi connectivity index (χ0) is 21.0. The molecule has 0 bridgehead atoms. The molecule has 3 aromatic rings. The zero-order valence-corrected chi connectivity index (χ0v) is 17.5. The minimum Gasteiger partial charge on any atom is -0.497 e. The molecular formula is C20H16Cl2N2O4S. The summed E-state index contributed by atoms with van der Waals surface area (Å²) in [5.74, 6) is 0.174. The van der Waals surface area contributed by atoms with Gasteiger partial charge in [0.25, 0.3) is 15.9 Å². The van der Waals surface area contributed by atoms with Gasteiger partial charge in [0.2, 0.25) is 0 Å². The molecule has 150 valence electrons. The summed E-state index contributed by atoms with van der Waals surface area (Å²) in [6.45, 7) is 0. The Kier molecular flexibility index (Phi) is 6.32. The van der Waals surface area contributed by atoms with Crippen LogP contribution >= 0.6 is 23.2 Å². The number of nitrogens with one attached hydrogen (secondary N) is 2. The number of amides is 1. The summed E-state index contributed by atoms with van der Waals surface area (Å²) in [5, 5.41) is 3.48. The topological polar surface area (TPSA) is 84.5 Å². The summed E-state index contributed by atoms with van der Waals surface area (Å²) in [7, 11) is -2.26. The maximum absolute atomic E-state index is 12.5. The van der Waals surface area contributed by atoms with Crippen LogP contribution in [0.2, 0.25) is 10.0 Å². The Balaban J connectivity index is 1.71. The lowest BCUT2D eigenvalue weighted by atomic mass is 10.2. The van der Waals surface area contributed by atoms with Crippen molar-refractivity contribution in [1.82, 2.24) is 0 Å². The first-order chi connectivity index (χ1) is 13.8. The highest BCUT2D eigenvalue weighted by Gasteiger charge is 2.15. The van der Waals surface area contributed by atoms with Crippen molar-refractivity contribution >= 4 is 50.5 Å². The molecule has 0 aliphatic rings. The van der Waals surface area contributed by atoms with E-state index in [0.29, 0.717) is 32.7 Å². The molecule has 2 N–H and O–H groups in total. The van der Waals surface area contributed by atoms with Gasteiger partial charge < -0.3 is 10.1 Å². The van der Waals surface area contributed by atoms with Gasteiger partial charge in [-0.3, -0.25) is 9.52 Å². The minimum absolute atomic E-state index is 0.0953. The fourth-order valence-electron chi connectivity index (χ4n) is 2.49. The Morgan fingerprint density at radius 3 is 2.00 bits per heavy atom. The molecule has 0 spiro atoms. The first-order valence-corrected chi connectivity index (χ1v) is 10.5. The Hall–Kier alpha value is -2.74. The Bertz CT molecular complexity index is 1110. The SMILES string of the molecule is COc1ccc(S(=O)(=O)Nc2ccc(C(=O)Nc3cc(Cl)cc(Cl)c3)cc2)cc1. The number of sulfonamides is 1. The van der Waals surface area contributed by atoms with Gasteiger partial charge in [-0.05, 0) is 66.7 Å². The Morgan fingerprint density at radius 2 is 1.45 bits per heavy atom. The summed E-state index contributed by atoms with van der Waals surface area (Å²) in [4.78, 5) is 12.5. The van der Waals surface area contributed by atoms with Crippen molar-refractivity contribution in [3.63, 3.8) is 0 Å². The van der Waals surface area contributed by atoms with E-state index in [4.69, 9.17) is 27.9 Å². The van der Waals surface area contributed by atoms with E-state index >= 15 is 0 Å². The number of ether oxygens (including phenoxy) is 1. The number of hydrogen-bond donors (Lipinski definition) is 2. The smallest absolute Gasteiger partial charge is 0.261 e. The number of benzene rings is 3. The number of halogens is 2. The number of methoxy groups -OCH3 is 1. The van der Waals surface area contributed by atoms with Crippen molar-refractivity contribution in [2.24, 2.45) is 0 Å². The fourth-order valence-corrected chi connectivity index (χ4v) is 4.07. The number of rotatable bonds is 6. The van der Waals surface area contributed by atoms with Crippen LogP contribution in [0, 0.1) is 0 Å². The molecule has 0 aromatic heterocycles. The lowest BCUT2D eigenvalue weighted by molar-refractivity contribution is 0.102. The molecule has 9 heteroatoms. The minimum atomic E-state index is -3.76. The molecule has 1 amide bonds. The van der Waals surface area contributed by atoms with E-state index in [9.17, 15) is 13.2 Å². The van der Waals surface area contributed by atoms with Crippen molar-refractivity contribution < 1.29 is 17.9 Å². The normalized spacial score (nSPS) is 11.0. The van der Waals surface area contributed by atoms with E-state index in [-0.39, 0.29) is 10.8 Å². The van der Waals surface area contributed by atoms with Crippen LogP contribution in [0.15, 0.2) is 71.6 Å². The third kappa shape index (κ3) is 5.41. The molecule has 0 aliphatic carbocycles. The van der Waals surface area contributed by atoms with Gasteiger partial charge in [-0.25, -0.2) is 8.42 Å². The predicted molar refractivity (Wildman–Crippen MR) is 115 cm³/mol. The molecule has 3 rings (SSSR count). The van der Waals surface area contributed by atoms with Crippen LogP contribution in [-0.2, 0) is 10.0 Å². The molecule has 0 saturated carbocycles. The number of carbonyl (C=O) groups excluding carboxylic acids is 1. The molecule has 3 aromatic carbocycles. The first-order valence-electron chi connectivity index (χ1n) is 8.31. The van der Waals surface area contributed by atoms with Crippen LogP contribution < -0.4 is 14.8 Å². The van der Waals surface area contributed by atoms with Gasteiger partial charge in [-0.1, -0.05) is 23.2 Å². The summed E-state index contributed by atoms with van der Waals surface area (Å²) >= 11 is 11.8. The predicted octanol–water partition coefficient (Wildman–Crippen LogP) is 5.06. The molecule has 0 atom stereocenters. The molecule has 0 aliphatic heterocycles. The second-order valence-corrected chi connectivity index (χ2v) is 8.53. The van der Waals surface area contributed by atoms with E-state index in [0.717, 1.165) is 0 Å². The van der Waals surface area contributed by atoms with Crippen LogP contribution in [0.25, 0.3) is 0 Å². The number of hydrogen-bond acceptors (Lipinski definition) is 4. The average molecular weight is 451 g/mol. The summed E-state index contributed by atoms with van der Waals surface area (Å²) < 4.78 is 32.4. The molecule has 29 heavy (non-hydrogen) atoms. The van der Waals surface area contributed by atoms with Crippen molar-refractivity contribution in [1.29, 1.82) is 0 Å². The Morgan fingerprint density at radius 1 is 0.862 bits per heavy atom. The Labute approximate surface area is 178 Å². The molecule has 6 nitrogen and oxygen atoms in total. The van der Waals surface area contributed by atoms with E-state index in [1.165, 1.54) is 43.5 Å². The highest BCUT2D eigenvalue weighted by molar-refractivity contribution is 7.92. The summed E-state index contributed by atoms with van der Waals surface area (Å²) in [6, 6.07) is 16.7. The van der Waals surface area contributed by atoms with Gasteiger partial charge >= 0.3 is 0 Å². The van der Waals surface area contributed by atoms with Crippen molar-refractivity contribution in [2.75, 3.05) is 17.1 Å². The quantitative estimate of drug-likeness (QED) is 0.549. The second-order valence-electron chi connectivity index (χ2n) is 5.97. The fraction of sp³-hybridized carbons (Fsp3) is 0.0500. The van der Waals surface area contributed by atoms with Gasteiger partial charge in [0.1, 0.15) is 5.75 Å². The molecule has 0 saturated heterocycles. The third-order valence-corrected chi connectivity index (χ3v) is 5.72. The second kappa shape index (κ2) is 8.73. The maximum atomic E-state index is 12.5. The van der Waals surface area contributed by atoms with Gasteiger partial charge in [0, 0.05) is 27.0 Å². The summed E-state index contributed by atoms with van der Waals surface area (Å²) in [6.07, 6.45) is 0. The largest absolute Gasteiger partial charge is 0.497 e. The number of anilines is 2. The average Bonchev–Trinajstić information content (AvgIpc) is 2.67. The van der Waals surface area contributed by atoms with E-state index in [1.54, 1.807) is 30.3 Å². The van der Waals surface area contributed by atoms with Crippen LogP contribution in [0.3, 0.4) is 0 Å². The third-order valence-electron chi connectivity index (χ3n) is 3.89. The van der Waals surface area contributed by atoms with Gasteiger partial charge in [0.05, 0.1) is 12.0 Å². The molecule has 0 unspecified atom stereocenters. The number of carbonyl (C=O) groups is 1. The lowest BCUT2D eigenvalue weighted by Crippen LogP contribution is -2.14. The molecule has 0 heterocycles. The molecule has 0 radical (unpaired) electrons. The molecule has 0 fully saturated rings. The van der Waals surface area contributed by atoms with Crippen LogP contribution in [-0.4, -0.2) is 21.4 Å². The maximum Gasteiger partial charge on any atom is 0.261 e. The van der Waals surface area contributed by atoms with E-state index < -0.39 is 10.0 Å². The highest BCUT2D eigenvalue weighted by atomic mass is 35.5. The monoisotopic (exact) mass is 450 g/mol. The van der Waals surface area contributed by atoms with Crippen molar-refractivity contribution in [2.45, 2.75) is 4.90 Å². The van der Waals surface area contributed by atoms with E-state index in [2.05, 4.69) is 10.0 Å². The first kappa shape index (κ1) is 21.0. The van der Waals surface area contributed by atoms with E-state index in [1.807, 2.05) is 0 Å². The van der Waals surface area contributed by atoms with Crippen LogP contribution in [0.5, 0.6) is 5.75 Å². The van der Waals surface area contributed by atoms with Crippen molar-refractivity contribution in [3.05, 3.63) is 82.3 Å². The lowest BCUT2D eigenvalue weighted by Gasteiger charge is -2.10.